The second-order valence-electron chi connectivity index (χ2n) is 5.25. The van der Waals surface area contributed by atoms with Crippen LogP contribution in [0, 0.1) is 0 Å². The first-order valence-corrected chi connectivity index (χ1v) is 9.27. The number of hydrogen-bond acceptors (Lipinski definition) is 7. The standard InChI is InChI=1S/C18H16ClN3O4S/c1-24-15-8-7-12(9-14(15)19)20-16(23)11-27-18-22-21-17(26-18)10-25-13-5-3-2-4-6-13/h2-9H,10-11H2,1H3,(H,20,23). The molecule has 0 aliphatic carbocycles. The molecule has 27 heavy (non-hydrogen) atoms. The van der Waals surface area contributed by atoms with Gasteiger partial charge in [0.05, 0.1) is 17.9 Å². The molecule has 0 saturated carbocycles. The summed E-state index contributed by atoms with van der Waals surface area (Å²) in [6, 6.07) is 14.3. The molecule has 0 atom stereocenters. The predicted molar refractivity (Wildman–Crippen MR) is 102 cm³/mol. The van der Waals surface area contributed by atoms with Crippen molar-refractivity contribution in [2.75, 3.05) is 18.2 Å². The minimum Gasteiger partial charge on any atom is -0.495 e. The van der Waals surface area contributed by atoms with Gasteiger partial charge in [-0.3, -0.25) is 4.79 Å². The van der Waals surface area contributed by atoms with Crippen LogP contribution in [0.25, 0.3) is 0 Å². The number of benzene rings is 2. The Morgan fingerprint density at radius 2 is 2.04 bits per heavy atom. The number of amides is 1. The lowest BCUT2D eigenvalue weighted by Gasteiger charge is -2.07. The third-order valence-electron chi connectivity index (χ3n) is 3.32. The van der Waals surface area contributed by atoms with Crippen LogP contribution in [0.5, 0.6) is 11.5 Å². The number of rotatable bonds is 8. The van der Waals surface area contributed by atoms with Gasteiger partial charge in [0.25, 0.3) is 11.1 Å². The molecule has 1 aromatic heterocycles. The molecule has 9 heteroatoms. The quantitative estimate of drug-likeness (QED) is 0.566. The first kappa shape index (κ1) is 19.1. The number of nitrogens with zero attached hydrogens (tertiary/aromatic N) is 2. The van der Waals surface area contributed by atoms with Gasteiger partial charge in [-0.1, -0.05) is 41.6 Å². The maximum Gasteiger partial charge on any atom is 0.277 e. The highest BCUT2D eigenvalue weighted by atomic mass is 35.5. The summed E-state index contributed by atoms with van der Waals surface area (Å²) in [7, 11) is 1.53. The average Bonchev–Trinajstić information content (AvgIpc) is 3.14. The molecule has 1 amide bonds. The molecule has 0 saturated heterocycles. The van der Waals surface area contributed by atoms with Crippen molar-refractivity contribution in [1.29, 1.82) is 0 Å². The monoisotopic (exact) mass is 405 g/mol. The first-order chi connectivity index (χ1) is 13.1. The number of carbonyl (C=O) groups is 1. The van der Waals surface area contributed by atoms with E-state index in [9.17, 15) is 4.79 Å². The highest BCUT2D eigenvalue weighted by molar-refractivity contribution is 7.99. The number of nitrogens with one attached hydrogen (secondary N) is 1. The molecular formula is C18H16ClN3O4S. The lowest BCUT2D eigenvalue weighted by molar-refractivity contribution is -0.113. The Labute approximate surface area is 165 Å². The lowest BCUT2D eigenvalue weighted by atomic mass is 10.3. The number of carbonyl (C=O) groups excluding carboxylic acids is 1. The molecule has 2 aromatic carbocycles. The number of halogens is 1. The molecule has 3 aromatic rings. The van der Waals surface area contributed by atoms with Crippen LogP contribution >= 0.6 is 23.4 Å². The summed E-state index contributed by atoms with van der Waals surface area (Å²) in [6.07, 6.45) is 0. The van der Waals surface area contributed by atoms with Gasteiger partial charge in [0, 0.05) is 5.69 Å². The van der Waals surface area contributed by atoms with Crippen molar-refractivity contribution in [1.82, 2.24) is 10.2 Å². The van der Waals surface area contributed by atoms with E-state index in [0.29, 0.717) is 33.3 Å². The van der Waals surface area contributed by atoms with Crippen molar-refractivity contribution >= 4 is 35.0 Å². The Bertz CT molecular complexity index is 905. The summed E-state index contributed by atoms with van der Waals surface area (Å²) < 4.78 is 16.1. The van der Waals surface area contributed by atoms with Crippen molar-refractivity contribution in [3.63, 3.8) is 0 Å². The van der Waals surface area contributed by atoms with Gasteiger partial charge in [0.1, 0.15) is 11.5 Å². The fourth-order valence-electron chi connectivity index (χ4n) is 2.09. The van der Waals surface area contributed by atoms with E-state index in [1.165, 1.54) is 7.11 Å². The zero-order valence-corrected chi connectivity index (χ0v) is 15.9. The van der Waals surface area contributed by atoms with Crippen molar-refractivity contribution in [2.45, 2.75) is 11.8 Å². The van der Waals surface area contributed by atoms with Crippen LogP contribution in [0.2, 0.25) is 5.02 Å². The Morgan fingerprint density at radius 3 is 2.78 bits per heavy atom. The fourth-order valence-corrected chi connectivity index (χ4v) is 2.92. The van der Waals surface area contributed by atoms with Crippen LogP contribution in [0.1, 0.15) is 5.89 Å². The summed E-state index contributed by atoms with van der Waals surface area (Å²) in [5.41, 5.74) is 0.578. The zero-order valence-electron chi connectivity index (χ0n) is 14.3. The summed E-state index contributed by atoms with van der Waals surface area (Å²) >= 11 is 7.17. The van der Waals surface area contributed by atoms with Gasteiger partial charge >= 0.3 is 0 Å². The van der Waals surface area contributed by atoms with Gasteiger partial charge < -0.3 is 19.2 Å². The SMILES string of the molecule is COc1ccc(NC(=O)CSc2nnc(COc3ccccc3)o2)cc1Cl. The number of para-hydroxylation sites is 1. The highest BCUT2D eigenvalue weighted by Gasteiger charge is 2.11. The number of anilines is 1. The Kier molecular flexibility index (Phi) is 6.56. The van der Waals surface area contributed by atoms with E-state index in [0.717, 1.165) is 11.8 Å². The summed E-state index contributed by atoms with van der Waals surface area (Å²) in [6.45, 7) is 0.161. The Balaban J connectivity index is 1.46. The smallest absolute Gasteiger partial charge is 0.277 e. The zero-order chi connectivity index (χ0) is 19.1. The van der Waals surface area contributed by atoms with E-state index in [4.69, 9.17) is 25.5 Å². The third kappa shape index (κ3) is 5.63. The van der Waals surface area contributed by atoms with E-state index in [2.05, 4.69) is 15.5 Å². The van der Waals surface area contributed by atoms with Crippen molar-refractivity contribution in [3.8, 4) is 11.5 Å². The topological polar surface area (TPSA) is 86.5 Å². The maximum atomic E-state index is 12.0. The number of hydrogen-bond donors (Lipinski definition) is 1. The Hall–Kier alpha value is -2.71. The number of thioether (sulfide) groups is 1. The molecular weight excluding hydrogens is 390 g/mol. The van der Waals surface area contributed by atoms with Gasteiger partial charge in [-0.15, -0.1) is 10.2 Å². The molecule has 1 N–H and O–H groups in total. The predicted octanol–water partition coefficient (Wildman–Crippen LogP) is 4.04. The third-order valence-corrected chi connectivity index (χ3v) is 4.43. The van der Waals surface area contributed by atoms with Gasteiger partial charge in [-0.05, 0) is 30.3 Å². The molecule has 7 nitrogen and oxygen atoms in total. The molecule has 0 spiro atoms. The van der Waals surface area contributed by atoms with Crippen molar-refractivity contribution in [2.24, 2.45) is 0 Å². The number of methoxy groups -OCH3 is 1. The van der Waals surface area contributed by atoms with Gasteiger partial charge in [-0.25, -0.2) is 0 Å². The molecule has 3 rings (SSSR count). The molecule has 140 valence electrons. The van der Waals surface area contributed by atoms with Crippen molar-refractivity contribution < 1.29 is 18.7 Å². The van der Waals surface area contributed by atoms with Crippen molar-refractivity contribution in [3.05, 3.63) is 59.4 Å². The second-order valence-corrected chi connectivity index (χ2v) is 6.58. The van der Waals surface area contributed by atoms with E-state index >= 15 is 0 Å². The molecule has 0 aliphatic rings. The second kappa shape index (κ2) is 9.29. The van der Waals surface area contributed by atoms with Gasteiger partial charge in [-0.2, -0.15) is 0 Å². The normalized spacial score (nSPS) is 10.4. The van der Waals surface area contributed by atoms with E-state index < -0.39 is 0 Å². The highest BCUT2D eigenvalue weighted by Crippen LogP contribution is 2.27. The molecule has 0 unspecified atom stereocenters. The van der Waals surface area contributed by atoms with E-state index in [1.807, 2.05) is 30.3 Å². The molecule has 1 heterocycles. The van der Waals surface area contributed by atoms with Crippen LogP contribution in [0.3, 0.4) is 0 Å². The molecule has 0 aliphatic heterocycles. The van der Waals surface area contributed by atoms with Crippen LogP contribution < -0.4 is 14.8 Å². The molecule has 0 bridgehead atoms. The Morgan fingerprint density at radius 1 is 1.22 bits per heavy atom. The van der Waals surface area contributed by atoms with Crippen LogP contribution in [0.4, 0.5) is 5.69 Å². The van der Waals surface area contributed by atoms with Gasteiger partial charge in [0.15, 0.2) is 6.61 Å². The van der Waals surface area contributed by atoms with E-state index in [1.54, 1.807) is 18.2 Å². The first-order valence-electron chi connectivity index (χ1n) is 7.90. The minimum absolute atomic E-state index is 0.116. The minimum atomic E-state index is -0.221. The van der Waals surface area contributed by atoms with Crippen LogP contribution in [-0.2, 0) is 11.4 Å². The fraction of sp³-hybridized carbons (Fsp3) is 0.167. The van der Waals surface area contributed by atoms with Crippen LogP contribution in [0.15, 0.2) is 58.2 Å². The van der Waals surface area contributed by atoms with E-state index in [-0.39, 0.29) is 18.3 Å². The summed E-state index contributed by atoms with van der Waals surface area (Å²) in [5, 5.41) is 11.2. The maximum absolute atomic E-state index is 12.0. The average molecular weight is 406 g/mol. The van der Waals surface area contributed by atoms with Crippen LogP contribution in [-0.4, -0.2) is 29.0 Å². The van der Waals surface area contributed by atoms with Gasteiger partial charge in [0.2, 0.25) is 5.91 Å². The lowest BCUT2D eigenvalue weighted by Crippen LogP contribution is -2.14. The summed E-state index contributed by atoms with van der Waals surface area (Å²) in [5.74, 6) is 1.48. The number of aromatic nitrogens is 2. The molecule has 0 fully saturated rings. The molecule has 0 radical (unpaired) electrons. The summed E-state index contributed by atoms with van der Waals surface area (Å²) in [4.78, 5) is 12.0. The number of ether oxygens (including phenoxy) is 2. The largest absolute Gasteiger partial charge is 0.495 e.